The maximum atomic E-state index is 4.24. The van der Waals surface area contributed by atoms with Crippen molar-refractivity contribution in [1.82, 2.24) is 15.1 Å². The molecule has 0 aliphatic heterocycles. The van der Waals surface area contributed by atoms with E-state index in [1.54, 1.807) is 0 Å². The number of hydrogen-bond acceptors (Lipinski definition) is 3. The Hall–Kier alpha value is -1.13. The van der Waals surface area contributed by atoms with Gasteiger partial charge in [0.15, 0.2) is 0 Å². The molecule has 0 fully saturated rings. The largest absolute Gasteiger partial charge is 0.310 e. The highest BCUT2D eigenvalue weighted by Crippen LogP contribution is 2.28. The molecule has 104 valence electrons. The highest BCUT2D eigenvalue weighted by molar-refractivity contribution is 7.10. The topological polar surface area (TPSA) is 29.9 Å². The molecule has 0 bridgehead atoms. The number of aryl methyl sites for hydroxylation is 3. The monoisotopic (exact) mass is 277 g/mol. The zero-order chi connectivity index (χ0) is 13.7. The van der Waals surface area contributed by atoms with Gasteiger partial charge in [0, 0.05) is 29.9 Å². The van der Waals surface area contributed by atoms with E-state index >= 15 is 0 Å². The average molecular weight is 277 g/mol. The molecule has 0 aromatic carbocycles. The van der Waals surface area contributed by atoms with Crippen LogP contribution in [0.3, 0.4) is 0 Å². The summed E-state index contributed by atoms with van der Waals surface area (Å²) in [6.07, 6.45) is 5.18. The first kappa shape index (κ1) is 14.3. The molecule has 1 N–H and O–H groups in total. The van der Waals surface area contributed by atoms with Gasteiger partial charge in [0.05, 0.1) is 0 Å². The lowest BCUT2D eigenvalue weighted by molar-refractivity contribution is 0.510. The third-order valence-corrected chi connectivity index (χ3v) is 4.61. The van der Waals surface area contributed by atoms with Crippen molar-refractivity contribution < 1.29 is 0 Å². The molecule has 0 aliphatic rings. The molecule has 2 rings (SSSR count). The van der Waals surface area contributed by atoms with E-state index in [1.807, 2.05) is 29.3 Å². The fraction of sp³-hybridized carbons (Fsp3) is 0.533. The second-order valence-corrected chi connectivity index (χ2v) is 5.71. The average Bonchev–Trinajstić information content (AvgIpc) is 3.03. The maximum absolute atomic E-state index is 4.24. The Labute approximate surface area is 119 Å². The maximum Gasteiger partial charge on any atom is 0.0492 e. The molecule has 2 aromatic rings. The van der Waals surface area contributed by atoms with Crippen LogP contribution in [0.15, 0.2) is 23.7 Å². The van der Waals surface area contributed by atoms with E-state index in [0.717, 1.165) is 25.8 Å². The van der Waals surface area contributed by atoms with E-state index < -0.39 is 0 Å². The summed E-state index contributed by atoms with van der Waals surface area (Å²) >= 11 is 1.88. The van der Waals surface area contributed by atoms with Gasteiger partial charge in [0.25, 0.3) is 0 Å². The van der Waals surface area contributed by atoms with Crippen LogP contribution in [0.2, 0.25) is 0 Å². The number of rotatable bonds is 7. The molecule has 0 saturated carbocycles. The fourth-order valence-corrected chi connectivity index (χ4v) is 3.56. The van der Waals surface area contributed by atoms with E-state index in [-0.39, 0.29) is 0 Å². The van der Waals surface area contributed by atoms with Crippen LogP contribution in [0, 0.1) is 0 Å². The van der Waals surface area contributed by atoms with Crippen molar-refractivity contribution in [3.8, 4) is 0 Å². The van der Waals surface area contributed by atoms with Crippen molar-refractivity contribution in [2.24, 2.45) is 7.05 Å². The smallest absolute Gasteiger partial charge is 0.0492 e. The Morgan fingerprint density at radius 3 is 2.84 bits per heavy atom. The highest BCUT2D eigenvalue weighted by atomic mass is 32.1. The van der Waals surface area contributed by atoms with Crippen molar-refractivity contribution in [3.05, 3.63) is 39.8 Å². The van der Waals surface area contributed by atoms with Gasteiger partial charge in [-0.1, -0.05) is 13.8 Å². The normalized spacial score (nSPS) is 12.8. The van der Waals surface area contributed by atoms with Crippen LogP contribution in [-0.2, 0) is 19.9 Å². The van der Waals surface area contributed by atoms with Crippen molar-refractivity contribution in [2.45, 2.75) is 39.2 Å². The third-order valence-electron chi connectivity index (χ3n) is 3.54. The first-order valence-corrected chi connectivity index (χ1v) is 7.90. The first-order valence-electron chi connectivity index (χ1n) is 7.02. The lowest BCUT2D eigenvalue weighted by Gasteiger charge is -2.18. The van der Waals surface area contributed by atoms with Crippen LogP contribution >= 0.6 is 11.3 Å². The Balaban J connectivity index is 2.06. The molecule has 1 atom stereocenters. The summed E-state index contributed by atoms with van der Waals surface area (Å²) in [7, 11) is 2.01. The van der Waals surface area contributed by atoms with Crippen LogP contribution in [-0.4, -0.2) is 16.3 Å². The number of nitrogens with zero attached hydrogens (tertiary/aromatic N) is 2. The number of aromatic nitrogens is 2. The van der Waals surface area contributed by atoms with Crippen LogP contribution in [0.25, 0.3) is 0 Å². The van der Waals surface area contributed by atoms with Gasteiger partial charge < -0.3 is 5.32 Å². The number of thiophene rings is 1. The molecular weight excluding hydrogens is 254 g/mol. The SMILES string of the molecule is CCNC(CCc1ccnn1C)c1sccc1CC. The van der Waals surface area contributed by atoms with Crippen LogP contribution in [0.1, 0.15) is 42.4 Å². The predicted molar refractivity (Wildman–Crippen MR) is 81.6 cm³/mol. The molecule has 1 unspecified atom stereocenters. The van der Waals surface area contributed by atoms with Crippen molar-refractivity contribution in [2.75, 3.05) is 6.54 Å². The summed E-state index contributed by atoms with van der Waals surface area (Å²) < 4.78 is 1.97. The van der Waals surface area contributed by atoms with Crippen LogP contribution in [0.4, 0.5) is 0 Å². The molecule has 2 aromatic heterocycles. The molecule has 4 heteroatoms. The van der Waals surface area contributed by atoms with Gasteiger partial charge in [-0.25, -0.2) is 0 Å². The summed E-state index contributed by atoms with van der Waals surface area (Å²) in [5.74, 6) is 0. The summed E-state index contributed by atoms with van der Waals surface area (Å²) in [5.41, 5.74) is 2.79. The third kappa shape index (κ3) is 3.45. The molecule has 0 saturated heterocycles. The second kappa shape index (κ2) is 6.87. The lowest BCUT2D eigenvalue weighted by atomic mass is 10.0. The molecule has 0 aliphatic carbocycles. The number of hydrogen-bond donors (Lipinski definition) is 1. The lowest BCUT2D eigenvalue weighted by Crippen LogP contribution is -2.21. The molecule has 2 heterocycles. The predicted octanol–water partition coefficient (Wildman–Crippen LogP) is 3.33. The van der Waals surface area contributed by atoms with Gasteiger partial charge in [-0.05, 0) is 48.9 Å². The van der Waals surface area contributed by atoms with Crippen molar-refractivity contribution in [3.63, 3.8) is 0 Å². The van der Waals surface area contributed by atoms with E-state index in [2.05, 4.69) is 41.8 Å². The van der Waals surface area contributed by atoms with E-state index in [1.165, 1.54) is 16.1 Å². The molecular formula is C15H23N3S. The zero-order valence-electron chi connectivity index (χ0n) is 12.0. The van der Waals surface area contributed by atoms with Gasteiger partial charge in [-0.15, -0.1) is 11.3 Å². The Kier molecular flexibility index (Phi) is 5.16. The van der Waals surface area contributed by atoms with Gasteiger partial charge in [-0.3, -0.25) is 4.68 Å². The minimum absolute atomic E-state index is 0.467. The van der Waals surface area contributed by atoms with Gasteiger partial charge in [0.2, 0.25) is 0 Å². The van der Waals surface area contributed by atoms with Gasteiger partial charge in [-0.2, -0.15) is 5.10 Å². The zero-order valence-corrected chi connectivity index (χ0v) is 12.8. The number of nitrogens with one attached hydrogen (secondary N) is 1. The second-order valence-electron chi connectivity index (χ2n) is 4.76. The quantitative estimate of drug-likeness (QED) is 0.841. The summed E-state index contributed by atoms with van der Waals surface area (Å²) in [6.45, 7) is 5.42. The summed E-state index contributed by atoms with van der Waals surface area (Å²) in [4.78, 5) is 1.51. The Morgan fingerprint density at radius 1 is 1.37 bits per heavy atom. The van der Waals surface area contributed by atoms with Crippen LogP contribution < -0.4 is 5.32 Å². The molecule has 19 heavy (non-hydrogen) atoms. The van der Waals surface area contributed by atoms with E-state index in [9.17, 15) is 0 Å². The summed E-state index contributed by atoms with van der Waals surface area (Å²) in [6, 6.07) is 4.84. The van der Waals surface area contributed by atoms with E-state index in [4.69, 9.17) is 0 Å². The summed E-state index contributed by atoms with van der Waals surface area (Å²) in [5, 5.41) is 10.1. The fourth-order valence-electron chi connectivity index (χ4n) is 2.46. The highest BCUT2D eigenvalue weighted by Gasteiger charge is 2.15. The van der Waals surface area contributed by atoms with Crippen LogP contribution in [0.5, 0.6) is 0 Å². The molecule has 0 amide bonds. The molecule has 0 radical (unpaired) electrons. The molecule has 0 spiro atoms. The Bertz CT molecular complexity index is 501. The first-order chi connectivity index (χ1) is 9.26. The van der Waals surface area contributed by atoms with Crippen molar-refractivity contribution in [1.29, 1.82) is 0 Å². The van der Waals surface area contributed by atoms with Gasteiger partial charge >= 0.3 is 0 Å². The van der Waals surface area contributed by atoms with Gasteiger partial charge in [0.1, 0.15) is 0 Å². The standard InChI is InChI=1S/C15H23N3S/c1-4-12-9-11-19-15(12)14(16-5-2)7-6-13-8-10-17-18(13)3/h8-11,14,16H,4-7H2,1-3H3. The Morgan fingerprint density at radius 2 is 2.21 bits per heavy atom. The minimum Gasteiger partial charge on any atom is -0.310 e. The van der Waals surface area contributed by atoms with E-state index in [0.29, 0.717) is 6.04 Å². The molecule has 3 nitrogen and oxygen atoms in total. The van der Waals surface area contributed by atoms with Crippen molar-refractivity contribution >= 4 is 11.3 Å². The minimum atomic E-state index is 0.467.